The van der Waals surface area contributed by atoms with Crippen LogP contribution in [0.1, 0.15) is 13.8 Å². The van der Waals surface area contributed by atoms with E-state index in [9.17, 15) is 9.59 Å². The lowest BCUT2D eigenvalue weighted by Gasteiger charge is -2.41. The third-order valence-corrected chi connectivity index (χ3v) is 2.80. The molecule has 5 N–H and O–H groups in total. The number of nitrogens with one attached hydrogen (secondary N) is 1. The fourth-order valence-corrected chi connectivity index (χ4v) is 1.92. The molecule has 1 aromatic rings. The van der Waals surface area contributed by atoms with Crippen LogP contribution in [0.5, 0.6) is 0 Å². The molecule has 0 radical (unpaired) electrons. The van der Waals surface area contributed by atoms with Crippen LogP contribution in [0, 0.1) is 0 Å². The van der Waals surface area contributed by atoms with Crippen molar-refractivity contribution in [3.05, 3.63) is 24.4 Å². The van der Waals surface area contributed by atoms with Gasteiger partial charge in [0.15, 0.2) is 0 Å². The van der Waals surface area contributed by atoms with E-state index in [-0.39, 0.29) is 0 Å². The molecule has 0 atom stereocenters. The molecule has 23 heavy (non-hydrogen) atoms. The Morgan fingerprint density at radius 2 is 1.91 bits per heavy atom. The van der Waals surface area contributed by atoms with Crippen molar-refractivity contribution >= 4 is 23.7 Å². The number of hydrogen-bond acceptors (Lipinski definition) is 7. The van der Waals surface area contributed by atoms with Crippen LogP contribution in [-0.4, -0.2) is 57.3 Å². The van der Waals surface area contributed by atoms with E-state index in [2.05, 4.69) is 34.0 Å². The van der Waals surface area contributed by atoms with Crippen molar-refractivity contribution in [1.29, 1.82) is 0 Å². The number of hydrogen-bond donors (Lipinski definition) is 4. The van der Waals surface area contributed by atoms with E-state index < -0.39 is 11.9 Å². The van der Waals surface area contributed by atoms with E-state index in [4.69, 9.17) is 15.9 Å². The van der Waals surface area contributed by atoms with Gasteiger partial charge in [0.05, 0.1) is 0 Å². The van der Waals surface area contributed by atoms with Crippen molar-refractivity contribution in [2.45, 2.75) is 25.9 Å². The smallest absolute Gasteiger partial charge is 0.328 e. The molecule has 0 bridgehead atoms. The van der Waals surface area contributed by atoms with Gasteiger partial charge in [-0.1, -0.05) is 13.8 Å². The van der Waals surface area contributed by atoms with Crippen LogP contribution < -0.4 is 16.0 Å². The molecule has 9 nitrogen and oxygen atoms in total. The van der Waals surface area contributed by atoms with Gasteiger partial charge in [0.2, 0.25) is 5.95 Å². The SMILES string of the molecule is CC(C)NC1CN(c2ccnc(N)n2)C1.O=C(O)/C=C/C(=O)O. The van der Waals surface area contributed by atoms with Crippen LogP contribution >= 0.6 is 0 Å². The Hall–Kier alpha value is -2.68. The van der Waals surface area contributed by atoms with Crippen LogP contribution in [0.2, 0.25) is 0 Å². The number of rotatable bonds is 5. The number of nitrogens with two attached hydrogens (primary N) is 1. The van der Waals surface area contributed by atoms with Crippen molar-refractivity contribution in [1.82, 2.24) is 15.3 Å². The predicted molar refractivity (Wildman–Crippen MR) is 85.1 cm³/mol. The number of carbonyl (C=O) groups is 2. The standard InChI is InChI=1S/C10H17N5.C4H4O4/c1-7(2)13-8-5-15(6-8)9-3-4-12-10(11)14-9;5-3(6)1-2-4(7)8/h3-4,7-8,13H,5-6H2,1-2H3,(H2,11,12,14);1-2H,(H,5,6)(H,7,8)/b;2-1+. The van der Waals surface area contributed by atoms with Gasteiger partial charge in [-0.3, -0.25) is 0 Å². The Labute approximate surface area is 133 Å². The molecular formula is C14H21N5O4. The summed E-state index contributed by atoms with van der Waals surface area (Å²) in [6.45, 7) is 6.31. The average Bonchev–Trinajstić information content (AvgIpc) is 2.40. The van der Waals surface area contributed by atoms with E-state index in [1.165, 1.54) is 0 Å². The van der Waals surface area contributed by atoms with E-state index in [0.717, 1.165) is 18.9 Å². The number of aromatic nitrogens is 2. The number of carboxylic acid groups (broad SMARTS) is 2. The summed E-state index contributed by atoms with van der Waals surface area (Å²) >= 11 is 0. The zero-order chi connectivity index (χ0) is 17.4. The summed E-state index contributed by atoms with van der Waals surface area (Å²) in [6.07, 6.45) is 2.81. The van der Waals surface area contributed by atoms with Gasteiger partial charge in [0, 0.05) is 43.5 Å². The first kappa shape index (κ1) is 18.4. The highest BCUT2D eigenvalue weighted by Crippen LogP contribution is 2.18. The molecule has 0 amide bonds. The Bertz CT molecular complexity index is 554. The summed E-state index contributed by atoms with van der Waals surface area (Å²) in [5.74, 6) is -1.25. The Balaban J connectivity index is 0.000000284. The third-order valence-electron chi connectivity index (χ3n) is 2.80. The topological polar surface area (TPSA) is 142 Å². The molecule has 0 aromatic carbocycles. The highest BCUT2D eigenvalue weighted by atomic mass is 16.4. The zero-order valence-corrected chi connectivity index (χ0v) is 13.0. The second kappa shape index (κ2) is 8.69. The minimum Gasteiger partial charge on any atom is -0.478 e. The van der Waals surface area contributed by atoms with Crippen LogP contribution in [-0.2, 0) is 9.59 Å². The van der Waals surface area contributed by atoms with Gasteiger partial charge < -0.3 is 26.2 Å². The summed E-state index contributed by atoms with van der Waals surface area (Å²) in [6, 6.07) is 3.00. The van der Waals surface area contributed by atoms with Crippen molar-refractivity contribution < 1.29 is 19.8 Å². The summed E-state index contributed by atoms with van der Waals surface area (Å²) in [4.78, 5) is 29.3. The summed E-state index contributed by atoms with van der Waals surface area (Å²) in [5.41, 5.74) is 5.53. The molecular weight excluding hydrogens is 302 g/mol. The predicted octanol–water partition coefficient (Wildman–Crippen LogP) is -0.0428. The van der Waals surface area contributed by atoms with Gasteiger partial charge in [-0.05, 0) is 6.07 Å². The highest BCUT2D eigenvalue weighted by Gasteiger charge is 2.27. The maximum absolute atomic E-state index is 9.55. The lowest BCUT2D eigenvalue weighted by molar-refractivity contribution is -0.134. The number of carboxylic acids is 2. The highest BCUT2D eigenvalue weighted by molar-refractivity contribution is 5.89. The van der Waals surface area contributed by atoms with Gasteiger partial charge in [-0.15, -0.1) is 0 Å². The first-order chi connectivity index (χ1) is 10.8. The van der Waals surface area contributed by atoms with Crippen LogP contribution in [0.15, 0.2) is 24.4 Å². The summed E-state index contributed by atoms with van der Waals surface area (Å²) in [7, 11) is 0. The molecule has 2 heterocycles. The van der Waals surface area contributed by atoms with Gasteiger partial charge in [0.25, 0.3) is 0 Å². The van der Waals surface area contributed by atoms with Crippen molar-refractivity contribution in [3.8, 4) is 0 Å². The van der Waals surface area contributed by atoms with E-state index in [1.54, 1.807) is 6.20 Å². The molecule has 1 aliphatic heterocycles. The quantitative estimate of drug-likeness (QED) is 0.549. The van der Waals surface area contributed by atoms with Gasteiger partial charge in [0.1, 0.15) is 5.82 Å². The van der Waals surface area contributed by atoms with E-state index >= 15 is 0 Å². The van der Waals surface area contributed by atoms with Crippen molar-refractivity contribution in [2.75, 3.05) is 23.7 Å². The number of nitrogens with zero attached hydrogens (tertiary/aromatic N) is 3. The monoisotopic (exact) mass is 323 g/mol. The van der Waals surface area contributed by atoms with Gasteiger partial charge in [-0.25, -0.2) is 14.6 Å². The normalized spacial score (nSPS) is 14.3. The summed E-state index contributed by atoms with van der Waals surface area (Å²) in [5, 5.41) is 19.1. The second-order valence-electron chi connectivity index (χ2n) is 5.21. The maximum atomic E-state index is 9.55. The molecule has 1 aromatic heterocycles. The lowest BCUT2D eigenvalue weighted by atomic mass is 10.1. The largest absolute Gasteiger partial charge is 0.478 e. The van der Waals surface area contributed by atoms with Crippen LogP contribution in [0.3, 0.4) is 0 Å². The Morgan fingerprint density at radius 1 is 1.35 bits per heavy atom. The number of anilines is 2. The molecule has 9 heteroatoms. The molecule has 0 unspecified atom stereocenters. The minimum atomic E-state index is -1.26. The minimum absolute atomic E-state index is 0.341. The molecule has 126 valence electrons. The van der Waals surface area contributed by atoms with E-state index in [0.29, 0.717) is 30.2 Å². The fourth-order valence-electron chi connectivity index (χ4n) is 1.92. The second-order valence-corrected chi connectivity index (χ2v) is 5.21. The Morgan fingerprint density at radius 3 is 2.35 bits per heavy atom. The van der Waals surface area contributed by atoms with E-state index in [1.807, 2.05) is 6.07 Å². The zero-order valence-electron chi connectivity index (χ0n) is 13.0. The fraction of sp³-hybridized carbons (Fsp3) is 0.429. The van der Waals surface area contributed by atoms with Gasteiger partial charge >= 0.3 is 11.9 Å². The number of nitrogen functional groups attached to an aromatic ring is 1. The average molecular weight is 323 g/mol. The maximum Gasteiger partial charge on any atom is 0.328 e. The lowest BCUT2D eigenvalue weighted by Crippen LogP contribution is -2.59. The first-order valence-corrected chi connectivity index (χ1v) is 7.01. The first-order valence-electron chi connectivity index (χ1n) is 7.01. The molecule has 0 spiro atoms. The van der Waals surface area contributed by atoms with Crippen molar-refractivity contribution in [2.24, 2.45) is 0 Å². The van der Waals surface area contributed by atoms with Crippen LogP contribution in [0.25, 0.3) is 0 Å². The van der Waals surface area contributed by atoms with Gasteiger partial charge in [-0.2, -0.15) is 4.98 Å². The molecule has 0 saturated carbocycles. The third kappa shape index (κ3) is 7.23. The molecule has 1 fully saturated rings. The van der Waals surface area contributed by atoms with Crippen molar-refractivity contribution in [3.63, 3.8) is 0 Å². The molecule has 1 aliphatic rings. The molecule has 2 rings (SSSR count). The molecule has 1 saturated heterocycles. The summed E-state index contributed by atoms with van der Waals surface area (Å²) < 4.78 is 0. The molecule has 0 aliphatic carbocycles. The number of aliphatic carboxylic acids is 2. The van der Waals surface area contributed by atoms with Crippen LogP contribution in [0.4, 0.5) is 11.8 Å². The Kier molecular flexibility index (Phi) is 6.94.